The molecule has 2 fully saturated rings. The van der Waals surface area contributed by atoms with Gasteiger partial charge >= 0.3 is 0 Å². The van der Waals surface area contributed by atoms with Crippen LogP contribution in [0.5, 0.6) is 0 Å². The summed E-state index contributed by atoms with van der Waals surface area (Å²) in [5.41, 5.74) is 5.00. The lowest BCUT2D eigenvalue weighted by molar-refractivity contribution is 0.0923. The van der Waals surface area contributed by atoms with Crippen molar-refractivity contribution in [2.75, 3.05) is 25.9 Å². The third-order valence-corrected chi connectivity index (χ3v) is 9.43. The standard InChI is InChI=1S/C26H31NO3S2/c1-32(29,30)21-10-11-25-23(16-21)26(22-4-2-3-5-24(22)31-25)19-12-14-27(15-13-19)17-18-6-8-20(28)9-7-18/h2-5,10-11,16,18,20,28H,6-9,12-15,17H2,1H3/t18-,20-. The third-order valence-electron chi connectivity index (χ3n) is 7.17. The minimum absolute atomic E-state index is 0.0925. The average Bonchev–Trinajstić information content (AvgIpc) is 2.79. The first-order chi connectivity index (χ1) is 15.4. The Morgan fingerprint density at radius 3 is 2.38 bits per heavy atom. The maximum Gasteiger partial charge on any atom is 0.175 e. The zero-order valence-corrected chi connectivity index (χ0v) is 20.2. The summed E-state index contributed by atoms with van der Waals surface area (Å²) < 4.78 is 24.5. The van der Waals surface area contributed by atoms with Gasteiger partial charge in [-0.2, -0.15) is 0 Å². The number of fused-ring (bicyclic) bond motifs is 2. The lowest BCUT2D eigenvalue weighted by Crippen LogP contribution is -2.36. The zero-order valence-electron chi connectivity index (χ0n) is 18.6. The molecular formula is C26H31NO3S2. The van der Waals surface area contributed by atoms with E-state index < -0.39 is 9.84 Å². The highest BCUT2D eigenvalue weighted by Gasteiger charge is 2.28. The van der Waals surface area contributed by atoms with Crippen molar-refractivity contribution in [2.24, 2.45) is 5.92 Å². The van der Waals surface area contributed by atoms with E-state index in [4.69, 9.17) is 0 Å². The van der Waals surface area contributed by atoms with Crippen LogP contribution in [0.2, 0.25) is 0 Å². The molecule has 2 aromatic carbocycles. The summed E-state index contributed by atoms with van der Waals surface area (Å²) >= 11 is 1.73. The number of hydrogen-bond acceptors (Lipinski definition) is 5. The van der Waals surface area contributed by atoms with Gasteiger partial charge in [0.25, 0.3) is 0 Å². The SMILES string of the molecule is CS(=O)(=O)c1ccc2c(c1)C(=C1CCN(C[C@H]3CC[C@H](O)CC3)CC1)c1ccccc1S2. The van der Waals surface area contributed by atoms with Gasteiger partial charge in [-0.1, -0.05) is 35.5 Å². The first-order valence-corrected chi connectivity index (χ1v) is 14.3. The van der Waals surface area contributed by atoms with E-state index in [1.165, 1.54) is 27.9 Å². The van der Waals surface area contributed by atoms with E-state index in [0.29, 0.717) is 10.8 Å². The van der Waals surface area contributed by atoms with Gasteiger partial charge in [0, 0.05) is 35.7 Å². The summed E-state index contributed by atoms with van der Waals surface area (Å²) in [6, 6.07) is 14.1. The number of piperidine rings is 1. The lowest BCUT2D eigenvalue weighted by atomic mass is 9.85. The summed E-state index contributed by atoms with van der Waals surface area (Å²) in [5.74, 6) is 0.706. The highest BCUT2D eigenvalue weighted by molar-refractivity contribution is 7.99. The van der Waals surface area contributed by atoms with Crippen molar-refractivity contribution < 1.29 is 13.5 Å². The number of sulfone groups is 1. The number of rotatable bonds is 3. The molecule has 2 aliphatic heterocycles. The van der Waals surface area contributed by atoms with E-state index >= 15 is 0 Å². The summed E-state index contributed by atoms with van der Waals surface area (Å²) in [4.78, 5) is 5.37. The van der Waals surface area contributed by atoms with Gasteiger partial charge in [0.05, 0.1) is 11.0 Å². The number of nitrogens with zero attached hydrogens (tertiary/aromatic N) is 1. The fourth-order valence-corrected chi connectivity index (χ4v) is 7.10. The Morgan fingerprint density at radius 1 is 0.969 bits per heavy atom. The van der Waals surface area contributed by atoms with Crippen LogP contribution >= 0.6 is 11.8 Å². The molecule has 0 bridgehead atoms. The Bertz CT molecular complexity index is 1140. The molecule has 0 spiro atoms. The Balaban J connectivity index is 1.44. The van der Waals surface area contributed by atoms with Crippen molar-refractivity contribution in [2.45, 2.75) is 59.3 Å². The first-order valence-electron chi connectivity index (χ1n) is 11.6. The molecule has 0 amide bonds. The number of aliphatic hydroxyl groups is 1. The molecule has 2 aromatic rings. The Morgan fingerprint density at radius 2 is 1.66 bits per heavy atom. The van der Waals surface area contributed by atoms with Crippen LogP contribution in [0.1, 0.15) is 49.7 Å². The molecule has 4 nitrogen and oxygen atoms in total. The molecule has 5 rings (SSSR count). The van der Waals surface area contributed by atoms with Gasteiger partial charge in [0.1, 0.15) is 0 Å². The van der Waals surface area contributed by atoms with Crippen LogP contribution in [-0.4, -0.2) is 50.4 Å². The second-order valence-corrected chi connectivity index (χ2v) is 12.6. The average molecular weight is 470 g/mol. The number of hydrogen-bond donors (Lipinski definition) is 1. The predicted molar refractivity (Wildman–Crippen MR) is 130 cm³/mol. The molecule has 3 aliphatic rings. The Kier molecular flexibility index (Phi) is 6.23. The molecule has 0 aromatic heterocycles. The van der Waals surface area contributed by atoms with Gasteiger partial charge in [-0.25, -0.2) is 8.42 Å². The molecule has 6 heteroatoms. The van der Waals surface area contributed by atoms with Gasteiger partial charge in [0.2, 0.25) is 0 Å². The summed E-state index contributed by atoms with van der Waals surface area (Å²) in [6.45, 7) is 3.24. The second kappa shape index (κ2) is 8.98. The van der Waals surface area contributed by atoms with Crippen LogP contribution in [0.3, 0.4) is 0 Å². The van der Waals surface area contributed by atoms with Gasteiger partial charge in [-0.15, -0.1) is 0 Å². The minimum atomic E-state index is -3.25. The van der Waals surface area contributed by atoms with Crippen LogP contribution < -0.4 is 0 Å². The van der Waals surface area contributed by atoms with E-state index in [0.717, 1.165) is 68.6 Å². The highest BCUT2D eigenvalue weighted by Crippen LogP contribution is 2.48. The molecule has 1 N–H and O–H groups in total. The second-order valence-electron chi connectivity index (χ2n) is 9.48. The lowest BCUT2D eigenvalue weighted by Gasteiger charge is -2.35. The van der Waals surface area contributed by atoms with Crippen LogP contribution in [0.25, 0.3) is 5.57 Å². The molecule has 170 valence electrons. The topological polar surface area (TPSA) is 57.6 Å². The van der Waals surface area contributed by atoms with Crippen molar-refractivity contribution in [3.8, 4) is 0 Å². The van der Waals surface area contributed by atoms with Gasteiger partial charge in [-0.3, -0.25) is 0 Å². The number of benzene rings is 2. The Labute approximate surface area is 195 Å². The monoisotopic (exact) mass is 469 g/mol. The van der Waals surface area contributed by atoms with Crippen molar-refractivity contribution in [3.05, 3.63) is 59.2 Å². The normalized spacial score (nSPS) is 24.2. The van der Waals surface area contributed by atoms with Gasteiger partial charge in [0.15, 0.2) is 9.84 Å². The molecule has 0 unspecified atom stereocenters. The van der Waals surface area contributed by atoms with Crippen LogP contribution in [0.15, 0.2) is 62.7 Å². The van der Waals surface area contributed by atoms with Crippen molar-refractivity contribution in [1.82, 2.24) is 4.90 Å². The first kappa shape index (κ1) is 22.2. The fraction of sp³-hybridized carbons (Fsp3) is 0.462. The van der Waals surface area contributed by atoms with Crippen LogP contribution in [0, 0.1) is 5.92 Å². The van der Waals surface area contributed by atoms with E-state index in [1.807, 2.05) is 12.1 Å². The van der Waals surface area contributed by atoms with Gasteiger partial charge < -0.3 is 10.0 Å². The minimum Gasteiger partial charge on any atom is -0.393 e. The zero-order chi connectivity index (χ0) is 22.3. The third kappa shape index (κ3) is 4.56. The van der Waals surface area contributed by atoms with Crippen molar-refractivity contribution in [3.63, 3.8) is 0 Å². The fourth-order valence-electron chi connectivity index (χ4n) is 5.38. The number of likely N-dealkylation sites (tertiary alicyclic amines) is 1. The van der Waals surface area contributed by atoms with Gasteiger partial charge in [-0.05, 0) is 85.4 Å². The molecule has 1 aliphatic carbocycles. The number of aliphatic hydroxyl groups excluding tert-OH is 1. The molecular weight excluding hydrogens is 438 g/mol. The molecule has 32 heavy (non-hydrogen) atoms. The molecule has 2 heterocycles. The molecule has 1 saturated carbocycles. The van der Waals surface area contributed by atoms with E-state index in [2.05, 4.69) is 29.2 Å². The van der Waals surface area contributed by atoms with E-state index in [-0.39, 0.29) is 6.10 Å². The largest absolute Gasteiger partial charge is 0.393 e. The van der Waals surface area contributed by atoms with Crippen LogP contribution in [0.4, 0.5) is 0 Å². The van der Waals surface area contributed by atoms with E-state index in [1.54, 1.807) is 17.8 Å². The Hall–Kier alpha value is -1.60. The summed E-state index contributed by atoms with van der Waals surface area (Å²) in [6.07, 6.45) is 7.40. The molecule has 0 radical (unpaired) electrons. The highest BCUT2D eigenvalue weighted by atomic mass is 32.2. The summed E-state index contributed by atoms with van der Waals surface area (Å²) in [7, 11) is -3.25. The van der Waals surface area contributed by atoms with Crippen molar-refractivity contribution >= 4 is 27.2 Å². The predicted octanol–water partition coefficient (Wildman–Crippen LogP) is 5.00. The van der Waals surface area contributed by atoms with Crippen molar-refractivity contribution in [1.29, 1.82) is 0 Å². The maximum atomic E-state index is 12.3. The van der Waals surface area contributed by atoms with E-state index in [9.17, 15) is 13.5 Å². The smallest absolute Gasteiger partial charge is 0.175 e. The maximum absolute atomic E-state index is 12.3. The molecule has 1 saturated heterocycles. The van der Waals surface area contributed by atoms with Crippen LogP contribution in [-0.2, 0) is 9.84 Å². The summed E-state index contributed by atoms with van der Waals surface area (Å²) in [5, 5.41) is 9.78. The quantitative estimate of drug-likeness (QED) is 0.585. The molecule has 0 atom stereocenters.